The van der Waals surface area contributed by atoms with E-state index in [1.54, 1.807) is 6.08 Å². The van der Waals surface area contributed by atoms with Crippen molar-refractivity contribution >= 4 is 5.91 Å². The summed E-state index contributed by atoms with van der Waals surface area (Å²) in [5, 5.41) is 0. The number of allylic oxidation sites excluding steroid dienone is 3. The first-order valence-electron chi connectivity index (χ1n) is 6.99. The average Bonchev–Trinajstić information content (AvgIpc) is 2.77. The summed E-state index contributed by atoms with van der Waals surface area (Å²) in [4.78, 5) is 16.7. The van der Waals surface area contributed by atoms with Crippen LogP contribution in [0.2, 0.25) is 0 Å². The maximum absolute atomic E-state index is 12.5. The molecule has 0 spiro atoms. The highest BCUT2D eigenvalue weighted by molar-refractivity contribution is 5.93. The minimum absolute atomic E-state index is 0.130. The fraction of sp³-hybridized carbons (Fsp3) is 0.438. The molecule has 1 fully saturated rings. The van der Waals surface area contributed by atoms with Crippen LogP contribution in [0.4, 0.5) is 0 Å². The Morgan fingerprint density at radius 2 is 1.85 bits per heavy atom. The van der Waals surface area contributed by atoms with Crippen LogP contribution in [-0.2, 0) is 7.05 Å². The van der Waals surface area contributed by atoms with Crippen molar-refractivity contribution in [2.45, 2.75) is 13.8 Å². The molecule has 0 atom stereocenters. The number of amides is 1. The van der Waals surface area contributed by atoms with Gasteiger partial charge in [-0.15, -0.1) is 0 Å². The van der Waals surface area contributed by atoms with Gasteiger partial charge in [-0.2, -0.15) is 0 Å². The van der Waals surface area contributed by atoms with Gasteiger partial charge in [0.2, 0.25) is 0 Å². The third-order valence-electron chi connectivity index (χ3n) is 3.79. The van der Waals surface area contributed by atoms with Gasteiger partial charge in [-0.25, -0.2) is 0 Å². The zero-order chi connectivity index (χ0) is 14.7. The summed E-state index contributed by atoms with van der Waals surface area (Å²) >= 11 is 0. The summed E-state index contributed by atoms with van der Waals surface area (Å²) in [6, 6.07) is 1.96. The van der Waals surface area contributed by atoms with Crippen molar-refractivity contribution in [1.29, 1.82) is 0 Å². The Bertz CT molecular complexity index is 534. The van der Waals surface area contributed by atoms with Crippen LogP contribution in [0.25, 0.3) is 0 Å². The van der Waals surface area contributed by atoms with Crippen LogP contribution in [0, 0.1) is 6.92 Å². The van der Waals surface area contributed by atoms with Gasteiger partial charge in [0.05, 0.1) is 0 Å². The van der Waals surface area contributed by atoms with Crippen LogP contribution in [0.1, 0.15) is 23.0 Å². The Morgan fingerprint density at radius 1 is 1.25 bits per heavy atom. The third-order valence-corrected chi connectivity index (χ3v) is 3.79. The van der Waals surface area contributed by atoms with Crippen molar-refractivity contribution in [3.05, 3.63) is 47.9 Å². The molecule has 1 aromatic rings. The zero-order valence-corrected chi connectivity index (χ0v) is 12.6. The molecule has 0 saturated carbocycles. The molecule has 0 aromatic carbocycles. The molecule has 0 radical (unpaired) electrons. The van der Waals surface area contributed by atoms with Gasteiger partial charge >= 0.3 is 0 Å². The molecular formula is C16H23N3O. The Balaban J connectivity index is 2.00. The number of carbonyl (C=O) groups excluding carboxylic acids is 1. The first-order valence-corrected chi connectivity index (χ1v) is 6.99. The molecule has 4 heteroatoms. The van der Waals surface area contributed by atoms with Crippen molar-refractivity contribution in [2.24, 2.45) is 7.05 Å². The molecule has 0 unspecified atom stereocenters. The van der Waals surface area contributed by atoms with E-state index in [1.807, 2.05) is 41.8 Å². The highest BCUT2D eigenvalue weighted by atomic mass is 16.2. The lowest BCUT2D eigenvalue weighted by Crippen LogP contribution is -2.48. The van der Waals surface area contributed by atoms with E-state index >= 15 is 0 Å². The molecule has 0 bridgehead atoms. The highest BCUT2D eigenvalue weighted by Gasteiger charge is 2.23. The predicted molar refractivity (Wildman–Crippen MR) is 81.6 cm³/mol. The summed E-state index contributed by atoms with van der Waals surface area (Å²) < 4.78 is 1.91. The quantitative estimate of drug-likeness (QED) is 0.790. The molecule has 20 heavy (non-hydrogen) atoms. The molecule has 1 aromatic heterocycles. The molecule has 4 nitrogen and oxygen atoms in total. The first-order chi connectivity index (χ1) is 9.52. The van der Waals surface area contributed by atoms with Gasteiger partial charge in [0.15, 0.2) is 0 Å². The number of piperazine rings is 1. The third kappa shape index (κ3) is 2.95. The van der Waals surface area contributed by atoms with Crippen molar-refractivity contribution in [3.63, 3.8) is 0 Å². The smallest absolute Gasteiger partial charge is 0.270 e. The van der Waals surface area contributed by atoms with Gasteiger partial charge in [-0.3, -0.25) is 4.79 Å². The zero-order valence-electron chi connectivity index (χ0n) is 12.6. The van der Waals surface area contributed by atoms with E-state index in [0.717, 1.165) is 37.4 Å². The minimum Gasteiger partial charge on any atom is -0.371 e. The summed E-state index contributed by atoms with van der Waals surface area (Å²) in [5.41, 5.74) is 3.11. The molecule has 1 saturated heterocycles. The maximum atomic E-state index is 12.5. The van der Waals surface area contributed by atoms with Gasteiger partial charge in [-0.05, 0) is 31.6 Å². The molecule has 1 aliphatic rings. The van der Waals surface area contributed by atoms with E-state index in [0.29, 0.717) is 0 Å². The Hall–Kier alpha value is -1.97. The van der Waals surface area contributed by atoms with Crippen LogP contribution < -0.4 is 0 Å². The number of aryl methyl sites for hydroxylation is 2. The molecule has 108 valence electrons. The van der Waals surface area contributed by atoms with Crippen molar-refractivity contribution < 1.29 is 4.79 Å². The van der Waals surface area contributed by atoms with E-state index in [9.17, 15) is 4.79 Å². The second-order valence-corrected chi connectivity index (χ2v) is 5.34. The highest BCUT2D eigenvalue weighted by Crippen LogP contribution is 2.14. The largest absolute Gasteiger partial charge is 0.371 e. The van der Waals surface area contributed by atoms with E-state index in [-0.39, 0.29) is 5.91 Å². The van der Waals surface area contributed by atoms with E-state index in [2.05, 4.69) is 18.4 Å². The monoisotopic (exact) mass is 273 g/mol. The lowest BCUT2D eigenvalue weighted by atomic mass is 10.2. The van der Waals surface area contributed by atoms with Crippen LogP contribution in [0.15, 0.2) is 36.7 Å². The van der Waals surface area contributed by atoms with Crippen LogP contribution >= 0.6 is 0 Å². The van der Waals surface area contributed by atoms with Gasteiger partial charge in [0, 0.05) is 45.1 Å². The second-order valence-electron chi connectivity index (χ2n) is 5.34. The first kappa shape index (κ1) is 14.4. The molecule has 0 N–H and O–H groups in total. The van der Waals surface area contributed by atoms with Gasteiger partial charge in [-0.1, -0.05) is 12.7 Å². The summed E-state index contributed by atoms with van der Waals surface area (Å²) in [6.07, 6.45) is 5.80. The van der Waals surface area contributed by atoms with Gasteiger partial charge in [0.25, 0.3) is 5.91 Å². The standard InChI is InChI=1S/C16H23N3O/c1-5-6-14(3)18-7-9-19(10-8-18)16(20)15-11-13(2)12-17(15)4/h5-6,11-12H,1,7-10H2,2-4H3/b14-6+. The molecule has 2 rings (SSSR count). The van der Waals surface area contributed by atoms with E-state index in [4.69, 9.17) is 0 Å². The van der Waals surface area contributed by atoms with Crippen molar-refractivity contribution in [1.82, 2.24) is 14.4 Å². The predicted octanol–water partition coefficient (Wildman–Crippen LogP) is 2.18. The van der Waals surface area contributed by atoms with E-state index < -0.39 is 0 Å². The lowest BCUT2D eigenvalue weighted by molar-refractivity contribution is 0.0660. The van der Waals surface area contributed by atoms with E-state index in [1.165, 1.54) is 5.70 Å². The topological polar surface area (TPSA) is 28.5 Å². The SMILES string of the molecule is C=C/C=C(\C)N1CCN(C(=O)c2cc(C)cn2C)CC1. The minimum atomic E-state index is 0.130. The van der Waals surface area contributed by atoms with Crippen LogP contribution in [-0.4, -0.2) is 46.5 Å². The van der Waals surface area contributed by atoms with Gasteiger partial charge in [0.1, 0.15) is 5.69 Å². The average molecular weight is 273 g/mol. The Labute approximate surface area is 121 Å². The summed E-state index contributed by atoms with van der Waals surface area (Å²) in [5.74, 6) is 0.130. The number of rotatable bonds is 3. The number of hydrogen-bond donors (Lipinski definition) is 0. The van der Waals surface area contributed by atoms with Crippen LogP contribution in [0.5, 0.6) is 0 Å². The second kappa shape index (κ2) is 5.99. The molecule has 2 heterocycles. The molecular weight excluding hydrogens is 250 g/mol. The van der Waals surface area contributed by atoms with Gasteiger partial charge < -0.3 is 14.4 Å². The Morgan fingerprint density at radius 3 is 2.35 bits per heavy atom. The summed E-state index contributed by atoms with van der Waals surface area (Å²) in [6.45, 7) is 11.1. The maximum Gasteiger partial charge on any atom is 0.270 e. The fourth-order valence-electron chi connectivity index (χ4n) is 2.64. The van der Waals surface area contributed by atoms with Crippen molar-refractivity contribution in [3.8, 4) is 0 Å². The number of nitrogens with zero attached hydrogens (tertiary/aromatic N) is 3. The normalized spacial score (nSPS) is 16.4. The van der Waals surface area contributed by atoms with Crippen molar-refractivity contribution in [2.75, 3.05) is 26.2 Å². The number of aromatic nitrogens is 1. The molecule has 1 aliphatic heterocycles. The lowest BCUT2D eigenvalue weighted by Gasteiger charge is -2.36. The van der Waals surface area contributed by atoms with Crippen LogP contribution in [0.3, 0.4) is 0 Å². The number of carbonyl (C=O) groups is 1. The number of hydrogen-bond acceptors (Lipinski definition) is 2. The molecule has 0 aliphatic carbocycles. The fourth-order valence-corrected chi connectivity index (χ4v) is 2.64. The summed E-state index contributed by atoms with van der Waals surface area (Å²) in [7, 11) is 1.92. The molecule has 1 amide bonds. The Kier molecular flexibility index (Phi) is 4.32.